The summed E-state index contributed by atoms with van der Waals surface area (Å²) in [6, 6.07) is 18.7. The quantitative estimate of drug-likeness (QED) is 0.553. The SMILES string of the molecule is Cc1ccc(-c2cccc(CN3CCCC3C(=O)NCc3cccs3)c2)cc1Cl. The highest BCUT2D eigenvalue weighted by atomic mass is 35.5. The number of rotatable bonds is 6. The van der Waals surface area contributed by atoms with Crippen molar-refractivity contribution >= 4 is 28.8 Å². The predicted octanol–water partition coefficient (Wildman–Crippen LogP) is 5.66. The van der Waals surface area contributed by atoms with Crippen LogP contribution in [0.5, 0.6) is 0 Å². The van der Waals surface area contributed by atoms with E-state index in [1.165, 1.54) is 10.4 Å². The van der Waals surface area contributed by atoms with Gasteiger partial charge in [0.1, 0.15) is 0 Å². The first-order valence-corrected chi connectivity index (χ1v) is 11.3. The van der Waals surface area contributed by atoms with Crippen LogP contribution in [0.4, 0.5) is 0 Å². The average Bonchev–Trinajstić information content (AvgIpc) is 3.40. The Morgan fingerprint density at radius 2 is 2.03 bits per heavy atom. The van der Waals surface area contributed by atoms with Gasteiger partial charge in [-0.2, -0.15) is 0 Å². The van der Waals surface area contributed by atoms with Crippen LogP contribution in [0, 0.1) is 6.92 Å². The molecule has 1 aliphatic rings. The lowest BCUT2D eigenvalue weighted by Crippen LogP contribution is -2.42. The number of likely N-dealkylation sites (tertiary alicyclic amines) is 1. The van der Waals surface area contributed by atoms with Crippen molar-refractivity contribution in [1.82, 2.24) is 10.2 Å². The van der Waals surface area contributed by atoms with Gasteiger partial charge in [0.2, 0.25) is 5.91 Å². The molecule has 1 amide bonds. The van der Waals surface area contributed by atoms with Gasteiger partial charge in [-0.3, -0.25) is 9.69 Å². The van der Waals surface area contributed by atoms with E-state index in [9.17, 15) is 4.79 Å². The summed E-state index contributed by atoms with van der Waals surface area (Å²) in [4.78, 5) is 16.2. The van der Waals surface area contributed by atoms with Gasteiger partial charge in [-0.05, 0) is 72.1 Å². The second-order valence-electron chi connectivity index (χ2n) is 7.59. The van der Waals surface area contributed by atoms with Crippen molar-refractivity contribution < 1.29 is 4.79 Å². The van der Waals surface area contributed by atoms with Crippen molar-refractivity contribution in [3.8, 4) is 11.1 Å². The van der Waals surface area contributed by atoms with Crippen molar-refractivity contribution in [3.05, 3.63) is 81.0 Å². The van der Waals surface area contributed by atoms with Crippen LogP contribution in [0.15, 0.2) is 60.0 Å². The number of nitrogens with one attached hydrogen (secondary N) is 1. The standard InChI is InChI=1S/C24H25ClN2OS/c1-17-9-10-20(14-22(17)25)19-6-2-5-18(13-19)16-27-11-3-8-23(27)24(28)26-15-21-7-4-12-29-21/h2,4-7,9-10,12-14,23H,3,8,11,15-16H2,1H3,(H,26,28). The molecule has 1 unspecified atom stereocenters. The molecule has 1 saturated heterocycles. The molecule has 2 heterocycles. The Morgan fingerprint density at radius 3 is 2.83 bits per heavy atom. The molecule has 0 aliphatic carbocycles. The third-order valence-electron chi connectivity index (χ3n) is 5.50. The molecule has 1 aromatic heterocycles. The summed E-state index contributed by atoms with van der Waals surface area (Å²) in [6.07, 6.45) is 1.98. The van der Waals surface area contributed by atoms with Gasteiger partial charge < -0.3 is 5.32 Å². The maximum absolute atomic E-state index is 12.7. The van der Waals surface area contributed by atoms with Crippen LogP contribution in [0.2, 0.25) is 5.02 Å². The largest absolute Gasteiger partial charge is 0.350 e. The normalized spacial score (nSPS) is 16.8. The lowest BCUT2D eigenvalue weighted by molar-refractivity contribution is -0.125. The Labute approximate surface area is 181 Å². The minimum atomic E-state index is -0.0487. The van der Waals surface area contributed by atoms with E-state index in [1.807, 2.05) is 24.4 Å². The third kappa shape index (κ3) is 4.89. The summed E-state index contributed by atoms with van der Waals surface area (Å²) < 4.78 is 0. The Morgan fingerprint density at radius 1 is 1.17 bits per heavy atom. The number of halogens is 1. The molecule has 0 spiro atoms. The van der Waals surface area contributed by atoms with Crippen LogP contribution < -0.4 is 5.32 Å². The van der Waals surface area contributed by atoms with E-state index in [1.54, 1.807) is 11.3 Å². The molecule has 1 fully saturated rings. The molecule has 5 heteroatoms. The first-order valence-electron chi connectivity index (χ1n) is 10.00. The smallest absolute Gasteiger partial charge is 0.237 e. The number of carbonyl (C=O) groups excluding carboxylic acids is 1. The molecule has 0 bridgehead atoms. The summed E-state index contributed by atoms with van der Waals surface area (Å²) in [6.45, 7) is 4.37. The van der Waals surface area contributed by atoms with Crippen molar-refractivity contribution in [2.45, 2.75) is 38.9 Å². The Balaban J connectivity index is 1.43. The van der Waals surface area contributed by atoms with Crippen molar-refractivity contribution in [2.75, 3.05) is 6.54 Å². The molecule has 0 saturated carbocycles. The summed E-state index contributed by atoms with van der Waals surface area (Å²) in [5.41, 5.74) is 4.58. The molecule has 1 N–H and O–H groups in total. The fourth-order valence-electron chi connectivity index (χ4n) is 3.87. The number of hydrogen-bond donors (Lipinski definition) is 1. The Kier molecular flexibility index (Phi) is 6.34. The fourth-order valence-corrected chi connectivity index (χ4v) is 4.70. The van der Waals surface area contributed by atoms with Gasteiger partial charge in [0.25, 0.3) is 0 Å². The number of benzene rings is 2. The molecule has 29 heavy (non-hydrogen) atoms. The molecule has 1 aliphatic heterocycles. The minimum Gasteiger partial charge on any atom is -0.350 e. The highest BCUT2D eigenvalue weighted by Crippen LogP contribution is 2.27. The summed E-state index contributed by atoms with van der Waals surface area (Å²) in [5.74, 6) is 0.136. The van der Waals surface area contributed by atoms with Crippen LogP contribution >= 0.6 is 22.9 Å². The van der Waals surface area contributed by atoms with Crippen molar-refractivity contribution in [3.63, 3.8) is 0 Å². The lowest BCUT2D eigenvalue weighted by Gasteiger charge is -2.24. The predicted molar refractivity (Wildman–Crippen MR) is 121 cm³/mol. The second kappa shape index (κ2) is 9.12. The van der Waals surface area contributed by atoms with Gasteiger partial charge in [-0.25, -0.2) is 0 Å². The molecular formula is C24H25ClN2OS. The number of nitrogens with zero attached hydrogens (tertiary/aromatic N) is 1. The number of hydrogen-bond acceptors (Lipinski definition) is 3. The monoisotopic (exact) mass is 424 g/mol. The van der Waals surface area contributed by atoms with Gasteiger partial charge >= 0.3 is 0 Å². The number of aryl methyl sites for hydroxylation is 1. The van der Waals surface area contributed by atoms with Crippen LogP contribution in [0.25, 0.3) is 11.1 Å². The Bertz CT molecular complexity index is 986. The van der Waals surface area contributed by atoms with Gasteiger partial charge in [0.05, 0.1) is 12.6 Å². The topological polar surface area (TPSA) is 32.3 Å². The fraction of sp³-hybridized carbons (Fsp3) is 0.292. The van der Waals surface area contributed by atoms with E-state index < -0.39 is 0 Å². The summed E-state index contributed by atoms with van der Waals surface area (Å²) in [5, 5.41) is 5.93. The van der Waals surface area contributed by atoms with Crippen LogP contribution in [-0.4, -0.2) is 23.4 Å². The summed E-state index contributed by atoms with van der Waals surface area (Å²) >= 11 is 7.98. The van der Waals surface area contributed by atoms with Crippen molar-refractivity contribution in [1.29, 1.82) is 0 Å². The zero-order chi connectivity index (χ0) is 20.2. The molecule has 2 aromatic carbocycles. The van der Waals surface area contributed by atoms with E-state index >= 15 is 0 Å². The highest BCUT2D eigenvalue weighted by molar-refractivity contribution is 7.09. The first-order chi connectivity index (χ1) is 14.1. The van der Waals surface area contributed by atoms with E-state index in [-0.39, 0.29) is 11.9 Å². The first kappa shape index (κ1) is 20.1. The summed E-state index contributed by atoms with van der Waals surface area (Å²) in [7, 11) is 0. The Hall–Kier alpha value is -2.14. The highest BCUT2D eigenvalue weighted by Gasteiger charge is 2.30. The van der Waals surface area contributed by atoms with Crippen LogP contribution in [-0.2, 0) is 17.9 Å². The minimum absolute atomic E-state index is 0.0487. The van der Waals surface area contributed by atoms with E-state index in [4.69, 9.17) is 11.6 Å². The van der Waals surface area contributed by atoms with Gasteiger partial charge in [-0.1, -0.05) is 48.0 Å². The van der Waals surface area contributed by atoms with Gasteiger partial charge in [0.15, 0.2) is 0 Å². The van der Waals surface area contributed by atoms with Crippen LogP contribution in [0.3, 0.4) is 0 Å². The lowest BCUT2D eigenvalue weighted by atomic mass is 10.0. The number of carbonyl (C=O) groups is 1. The van der Waals surface area contributed by atoms with Crippen LogP contribution in [0.1, 0.15) is 28.8 Å². The van der Waals surface area contributed by atoms with Gasteiger partial charge in [0, 0.05) is 16.4 Å². The molecule has 3 nitrogen and oxygen atoms in total. The third-order valence-corrected chi connectivity index (χ3v) is 6.78. The molecule has 1 atom stereocenters. The van der Waals surface area contributed by atoms with E-state index in [0.29, 0.717) is 6.54 Å². The average molecular weight is 425 g/mol. The van der Waals surface area contributed by atoms with Crippen molar-refractivity contribution in [2.24, 2.45) is 0 Å². The molecule has 4 rings (SSSR count). The molecular weight excluding hydrogens is 400 g/mol. The number of thiophene rings is 1. The molecule has 3 aromatic rings. The maximum atomic E-state index is 12.7. The van der Waals surface area contributed by atoms with E-state index in [0.717, 1.165) is 47.6 Å². The zero-order valence-corrected chi connectivity index (χ0v) is 18.1. The molecule has 0 radical (unpaired) electrons. The van der Waals surface area contributed by atoms with E-state index in [2.05, 4.69) is 52.7 Å². The number of amides is 1. The second-order valence-corrected chi connectivity index (χ2v) is 9.03. The molecule has 150 valence electrons. The maximum Gasteiger partial charge on any atom is 0.237 e. The van der Waals surface area contributed by atoms with Gasteiger partial charge in [-0.15, -0.1) is 11.3 Å². The zero-order valence-electron chi connectivity index (χ0n) is 16.5.